The number of aryl methyl sites for hydroxylation is 1. The predicted molar refractivity (Wildman–Crippen MR) is 145 cm³/mol. The Bertz CT molecular complexity index is 1530. The fourth-order valence-corrected chi connectivity index (χ4v) is 6.27. The average molecular weight is 499 g/mol. The van der Waals surface area contributed by atoms with Crippen LogP contribution < -0.4 is 10.9 Å². The molecule has 0 atom stereocenters. The van der Waals surface area contributed by atoms with Gasteiger partial charge in [-0.15, -0.1) is 11.3 Å². The molecule has 1 amide bonds. The Morgan fingerprint density at radius 3 is 2.81 bits per heavy atom. The number of benzene rings is 1. The molecular formula is C29H30N4O2S. The molecule has 1 N–H and O–H groups in total. The second-order valence-electron chi connectivity index (χ2n) is 10.1. The van der Waals surface area contributed by atoms with Gasteiger partial charge >= 0.3 is 0 Å². The average Bonchev–Trinajstić information content (AvgIpc) is 3.57. The fourth-order valence-electron chi connectivity index (χ4n) is 5.27. The number of hydrogen-bond donors (Lipinski definition) is 1. The molecule has 6 rings (SSSR count). The van der Waals surface area contributed by atoms with Crippen molar-refractivity contribution in [3.8, 4) is 11.1 Å². The van der Waals surface area contributed by atoms with Gasteiger partial charge in [0.15, 0.2) is 0 Å². The van der Waals surface area contributed by atoms with Crippen molar-refractivity contribution in [1.29, 1.82) is 0 Å². The maximum atomic E-state index is 13.9. The smallest absolute Gasteiger partial charge is 0.258 e. The molecule has 4 heterocycles. The lowest BCUT2D eigenvalue weighted by atomic mass is 9.96. The van der Waals surface area contributed by atoms with Gasteiger partial charge in [-0.05, 0) is 67.1 Å². The van der Waals surface area contributed by atoms with Crippen molar-refractivity contribution in [2.24, 2.45) is 5.92 Å². The standard InChI is InChI=1S/C29H30N4O2S/c1-18-6-10-24-23(4-3-5-26(24)30-18)25-14-21-16-32(17-22-9-11-28(36-22)31-19(2)34)13-12-27(21)33(29(25)35)15-20-7-8-20/h3-6,9-11,14,20H,7-8,12-13,15-17H2,1-2H3,(H,31,34). The Kier molecular flexibility index (Phi) is 5.97. The van der Waals surface area contributed by atoms with Crippen LogP contribution in [0.1, 0.15) is 41.6 Å². The normalized spacial score (nSPS) is 15.7. The fraction of sp³-hybridized carbons (Fsp3) is 0.345. The summed E-state index contributed by atoms with van der Waals surface area (Å²) in [4.78, 5) is 33.6. The van der Waals surface area contributed by atoms with Gasteiger partial charge in [-0.2, -0.15) is 0 Å². The van der Waals surface area contributed by atoms with E-state index in [1.165, 1.54) is 35.9 Å². The number of anilines is 1. The number of aromatic nitrogens is 2. The van der Waals surface area contributed by atoms with Crippen LogP contribution in [0.3, 0.4) is 0 Å². The van der Waals surface area contributed by atoms with Gasteiger partial charge in [-0.25, -0.2) is 0 Å². The molecule has 0 unspecified atom stereocenters. The van der Waals surface area contributed by atoms with Crippen LogP contribution in [0.15, 0.2) is 53.3 Å². The lowest BCUT2D eigenvalue weighted by Gasteiger charge is -2.31. The summed E-state index contributed by atoms with van der Waals surface area (Å²) in [6, 6.07) is 16.4. The third kappa shape index (κ3) is 4.61. The van der Waals surface area contributed by atoms with Crippen LogP contribution in [0.4, 0.5) is 5.00 Å². The van der Waals surface area contributed by atoms with E-state index in [2.05, 4.69) is 39.0 Å². The lowest BCUT2D eigenvalue weighted by molar-refractivity contribution is -0.114. The van der Waals surface area contributed by atoms with Crippen molar-refractivity contribution >= 4 is 33.1 Å². The molecule has 4 aromatic rings. The number of carbonyl (C=O) groups is 1. The number of pyridine rings is 2. The maximum Gasteiger partial charge on any atom is 0.258 e. The SMILES string of the molecule is CC(=O)Nc1ccc(CN2CCc3c(cc(-c4cccc5nc(C)ccc45)c(=O)n3CC3CC3)C2)s1. The summed E-state index contributed by atoms with van der Waals surface area (Å²) in [5, 5.41) is 4.78. The lowest BCUT2D eigenvalue weighted by Crippen LogP contribution is -2.36. The molecule has 0 radical (unpaired) electrons. The van der Waals surface area contributed by atoms with Crippen molar-refractivity contribution in [3.63, 3.8) is 0 Å². The molecule has 1 fully saturated rings. The summed E-state index contributed by atoms with van der Waals surface area (Å²) in [5.74, 6) is 0.575. The van der Waals surface area contributed by atoms with Gasteiger partial charge in [-0.3, -0.25) is 19.5 Å². The first-order chi connectivity index (χ1) is 17.4. The van der Waals surface area contributed by atoms with Gasteiger partial charge in [0.05, 0.1) is 10.5 Å². The van der Waals surface area contributed by atoms with E-state index in [0.29, 0.717) is 5.92 Å². The topological polar surface area (TPSA) is 67.2 Å². The third-order valence-electron chi connectivity index (χ3n) is 7.19. The molecule has 0 bridgehead atoms. The summed E-state index contributed by atoms with van der Waals surface area (Å²) >= 11 is 1.63. The van der Waals surface area contributed by atoms with Gasteiger partial charge in [-0.1, -0.05) is 18.2 Å². The zero-order valence-corrected chi connectivity index (χ0v) is 21.5. The maximum absolute atomic E-state index is 13.9. The predicted octanol–water partition coefficient (Wildman–Crippen LogP) is 5.36. The van der Waals surface area contributed by atoms with Crippen LogP contribution in [-0.4, -0.2) is 26.9 Å². The highest BCUT2D eigenvalue weighted by Crippen LogP contribution is 2.34. The van der Waals surface area contributed by atoms with E-state index in [-0.39, 0.29) is 11.5 Å². The first kappa shape index (κ1) is 23.1. The van der Waals surface area contributed by atoms with Gasteiger partial charge in [0.25, 0.3) is 5.56 Å². The second kappa shape index (κ2) is 9.30. The van der Waals surface area contributed by atoms with E-state index in [0.717, 1.165) is 65.3 Å². The summed E-state index contributed by atoms with van der Waals surface area (Å²) in [7, 11) is 0. The Morgan fingerprint density at radius 2 is 2.00 bits per heavy atom. The van der Waals surface area contributed by atoms with Crippen molar-refractivity contribution in [1.82, 2.24) is 14.5 Å². The molecule has 1 aliphatic carbocycles. The minimum Gasteiger partial charge on any atom is -0.318 e. The number of fused-ring (bicyclic) bond motifs is 2. The van der Waals surface area contributed by atoms with Gasteiger partial charge in [0.1, 0.15) is 0 Å². The van der Waals surface area contributed by atoms with Crippen molar-refractivity contribution in [3.05, 3.63) is 80.7 Å². The van der Waals surface area contributed by atoms with E-state index in [9.17, 15) is 9.59 Å². The van der Waals surface area contributed by atoms with E-state index < -0.39 is 0 Å². The minimum absolute atomic E-state index is 0.0461. The summed E-state index contributed by atoms with van der Waals surface area (Å²) in [6.45, 7) is 6.91. The monoisotopic (exact) mass is 498 g/mol. The van der Waals surface area contributed by atoms with E-state index in [1.807, 2.05) is 31.2 Å². The minimum atomic E-state index is -0.0461. The first-order valence-corrected chi connectivity index (χ1v) is 13.5. The molecule has 1 saturated carbocycles. The number of hydrogen-bond acceptors (Lipinski definition) is 5. The molecule has 1 aliphatic heterocycles. The molecule has 184 valence electrons. The summed E-state index contributed by atoms with van der Waals surface area (Å²) in [5.41, 5.74) is 6.21. The summed E-state index contributed by atoms with van der Waals surface area (Å²) < 4.78 is 2.08. The highest BCUT2D eigenvalue weighted by Gasteiger charge is 2.28. The van der Waals surface area contributed by atoms with Crippen LogP contribution in [0, 0.1) is 12.8 Å². The van der Waals surface area contributed by atoms with Crippen molar-refractivity contribution in [2.45, 2.75) is 52.7 Å². The number of nitrogens with one attached hydrogen (secondary N) is 1. The Labute approximate surface area is 214 Å². The van der Waals surface area contributed by atoms with Crippen LogP contribution in [0.5, 0.6) is 0 Å². The van der Waals surface area contributed by atoms with Crippen LogP contribution in [-0.2, 0) is 30.8 Å². The number of carbonyl (C=O) groups excluding carboxylic acids is 1. The quantitative estimate of drug-likeness (QED) is 0.389. The van der Waals surface area contributed by atoms with Gasteiger partial charge in [0.2, 0.25) is 5.91 Å². The highest BCUT2D eigenvalue weighted by molar-refractivity contribution is 7.16. The van der Waals surface area contributed by atoms with Crippen LogP contribution in [0.2, 0.25) is 0 Å². The zero-order chi connectivity index (χ0) is 24.8. The highest BCUT2D eigenvalue weighted by atomic mass is 32.1. The first-order valence-electron chi connectivity index (χ1n) is 12.7. The van der Waals surface area contributed by atoms with Gasteiger partial charge < -0.3 is 9.88 Å². The number of thiophene rings is 1. The van der Waals surface area contributed by atoms with Crippen molar-refractivity contribution < 1.29 is 4.79 Å². The molecule has 6 nitrogen and oxygen atoms in total. The molecule has 36 heavy (non-hydrogen) atoms. The largest absolute Gasteiger partial charge is 0.318 e. The zero-order valence-electron chi connectivity index (χ0n) is 20.7. The summed E-state index contributed by atoms with van der Waals surface area (Å²) in [6.07, 6.45) is 3.30. The number of rotatable bonds is 6. The molecular weight excluding hydrogens is 468 g/mol. The van der Waals surface area contributed by atoms with Crippen molar-refractivity contribution in [2.75, 3.05) is 11.9 Å². The Balaban J connectivity index is 1.37. The van der Waals surface area contributed by atoms with E-state index in [4.69, 9.17) is 4.98 Å². The Hall–Kier alpha value is -3.29. The van der Waals surface area contributed by atoms with Gasteiger partial charge in [0, 0.05) is 66.7 Å². The molecule has 7 heteroatoms. The van der Waals surface area contributed by atoms with Crippen LogP contribution >= 0.6 is 11.3 Å². The molecule has 0 saturated heterocycles. The van der Waals surface area contributed by atoms with E-state index >= 15 is 0 Å². The number of nitrogens with zero attached hydrogens (tertiary/aromatic N) is 3. The number of amides is 1. The van der Waals surface area contributed by atoms with E-state index in [1.54, 1.807) is 11.3 Å². The molecule has 1 aromatic carbocycles. The van der Waals surface area contributed by atoms with Crippen LogP contribution in [0.25, 0.3) is 22.0 Å². The molecule has 0 spiro atoms. The molecule has 2 aliphatic rings. The third-order valence-corrected chi connectivity index (χ3v) is 8.17. The molecule has 3 aromatic heterocycles. The Morgan fingerprint density at radius 1 is 1.14 bits per heavy atom. The second-order valence-corrected chi connectivity index (χ2v) is 11.3.